The second-order valence-corrected chi connectivity index (χ2v) is 7.55. The van der Waals surface area contributed by atoms with E-state index in [2.05, 4.69) is 26.2 Å². The number of fused-ring (bicyclic) bond motifs is 1. The SMILES string of the molecule is O=C(CN1CCN(c2cc3ccccc3c(Cl)n2)CC1)Nc1ccccc1Cl. The molecule has 28 heavy (non-hydrogen) atoms. The first kappa shape index (κ1) is 19.0. The third-order valence-electron chi connectivity index (χ3n) is 4.89. The molecule has 3 aromatic rings. The number of carbonyl (C=O) groups is 1. The molecule has 1 aliphatic heterocycles. The van der Waals surface area contributed by atoms with Gasteiger partial charge < -0.3 is 10.2 Å². The summed E-state index contributed by atoms with van der Waals surface area (Å²) in [5, 5.41) is 5.98. The van der Waals surface area contributed by atoms with Crippen LogP contribution >= 0.6 is 23.2 Å². The van der Waals surface area contributed by atoms with Crippen LogP contribution in [0.5, 0.6) is 0 Å². The van der Waals surface area contributed by atoms with Gasteiger partial charge in [0.2, 0.25) is 5.91 Å². The maximum Gasteiger partial charge on any atom is 0.238 e. The number of hydrogen-bond donors (Lipinski definition) is 1. The van der Waals surface area contributed by atoms with Crippen molar-refractivity contribution in [2.24, 2.45) is 0 Å². The number of halogens is 2. The molecule has 0 radical (unpaired) electrons. The zero-order valence-electron chi connectivity index (χ0n) is 15.2. The van der Waals surface area contributed by atoms with Crippen LogP contribution in [0, 0.1) is 0 Å². The van der Waals surface area contributed by atoms with Gasteiger partial charge >= 0.3 is 0 Å². The summed E-state index contributed by atoms with van der Waals surface area (Å²) in [5.41, 5.74) is 0.641. The van der Waals surface area contributed by atoms with E-state index in [1.54, 1.807) is 12.1 Å². The average molecular weight is 415 g/mol. The summed E-state index contributed by atoms with van der Waals surface area (Å²) in [4.78, 5) is 21.2. The zero-order chi connectivity index (χ0) is 19.5. The predicted octanol–water partition coefficient (Wildman–Crippen LogP) is 4.30. The Hall–Kier alpha value is -2.34. The predicted molar refractivity (Wildman–Crippen MR) is 115 cm³/mol. The van der Waals surface area contributed by atoms with E-state index in [0.717, 1.165) is 42.8 Å². The molecule has 0 aliphatic carbocycles. The minimum Gasteiger partial charge on any atom is -0.354 e. The smallest absolute Gasteiger partial charge is 0.238 e. The summed E-state index contributed by atoms with van der Waals surface area (Å²) in [6, 6.07) is 17.3. The van der Waals surface area contributed by atoms with Gasteiger partial charge in [-0.05, 0) is 23.6 Å². The molecule has 1 amide bonds. The Kier molecular flexibility index (Phi) is 5.67. The highest BCUT2D eigenvalue weighted by Crippen LogP contribution is 2.27. The van der Waals surface area contributed by atoms with Crippen molar-refractivity contribution in [1.29, 1.82) is 0 Å². The molecule has 0 unspecified atom stereocenters. The van der Waals surface area contributed by atoms with E-state index in [0.29, 0.717) is 22.4 Å². The lowest BCUT2D eigenvalue weighted by Crippen LogP contribution is -2.49. The van der Waals surface area contributed by atoms with Crippen molar-refractivity contribution < 1.29 is 4.79 Å². The number of nitrogens with one attached hydrogen (secondary N) is 1. The monoisotopic (exact) mass is 414 g/mol. The fourth-order valence-electron chi connectivity index (χ4n) is 3.40. The van der Waals surface area contributed by atoms with Gasteiger partial charge in [0.05, 0.1) is 17.3 Å². The topological polar surface area (TPSA) is 48.5 Å². The minimum absolute atomic E-state index is 0.0616. The van der Waals surface area contributed by atoms with Gasteiger partial charge in [-0.25, -0.2) is 4.98 Å². The highest BCUT2D eigenvalue weighted by molar-refractivity contribution is 6.34. The maximum absolute atomic E-state index is 12.3. The van der Waals surface area contributed by atoms with Crippen LogP contribution in [0.3, 0.4) is 0 Å². The number of hydrogen-bond acceptors (Lipinski definition) is 4. The number of carbonyl (C=O) groups excluding carboxylic acids is 1. The molecular formula is C21H20Cl2N4O. The number of pyridine rings is 1. The molecule has 2 heterocycles. The third kappa shape index (κ3) is 4.22. The minimum atomic E-state index is -0.0616. The molecule has 2 aromatic carbocycles. The molecule has 0 spiro atoms. The van der Waals surface area contributed by atoms with Crippen molar-refractivity contribution in [3.8, 4) is 0 Å². The average Bonchev–Trinajstić information content (AvgIpc) is 2.70. The molecule has 4 rings (SSSR count). The van der Waals surface area contributed by atoms with E-state index >= 15 is 0 Å². The summed E-state index contributed by atoms with van der Waals surface area (Å²) < 4.78 is 0. The number of amides is 1. The maximum atomic E-state index is 12.3. The Morgan fingerprint density at radius 1 is 1.00 bits per heavy atom. The number of anilines is 2. The summed E-state index contributed by atoms with van der Waals surface area (Å²) >= 11 is 12.5. The van der Waals surface area contributed by atoms with Gasteiger partial charge in [0, 0.05) is 31.6 Å². The number of nitrogens with zero attached hydrogens (tertiary/aromatic N) is 3. The van der Waals surface area contributed by atoms with Crippen molar-refractivity contribution >= 4 is 51.4 Å². The zero-order valence-corrected chi connectivity index (χ0v) is 16.7. The van der Waals surface area contributed by atoms with Gasteiger partial charge in [-0.1, -0.05) is 59.6 Å². The number of rotatable bonds is 4. The molecule has 0 saturated carbocycles. The molecular weight excluding hydrogens is 395 g/mol. The van der Waals surface area contributed by atoms with E-state index in [1.807, 2.05) is 36.4 Å². The van der Waals surface area contributed by atoms with E-state index in [9.17, 15) is 4.79 Å². The summed E-state index contributed by atoms with van der Waals surface area (Å²) in [6.07, 6.45) is 0. The first-order chi connectivity index (χ1) is 13.6. The second kappa shape index (κ2) is 8.35. The van der Waals surface area contributed by atoms with E-state index < -0.39 is 0 Å². The first-order valence-corrected chi connectivity index (χ1v) is 9.93. The Bertz CT molecular complexity index is 1000. The Balaban J connectivity index is 1.36. The first-order valence-electron chi connectivity index (χ1n) is 9.17. The van der Waals surface area contributed by atoms with E-state index in [4.69, 9.17) is 23.2 Å². The fraction of sp³-hybridized carbons (Fsp3) is 0.238. The van der Waals surface area contributed by atoms with Crippen LogP contribution in [0.2, 0.25) is 10.2 Å². The Morgan fingerprint density at radius 2 is 1.71 bits per heavy atom. The van der Waals surface area contributed by atoms with Crippen molar-refractivity contribution in [3.63, 3.8) is 0 Å². The van der Waals surface area contributed by atoms with Gasteiger partial charge in [0.1, 0.15) is 11.0 Å². The lowest BCUT2D eigenvalue weighted by atomic mass is 10.1. The molecule has 1 fully saturated rings. The molecule has 1 saturated heterocycles. The van der Waals surface area contributed by atoms with Crippen LogP contribution in [0.1, 0.15) is 0 Å². The lowest BCUT2D eigenvalue weighted by Gasteiger charge is -2.35. The van der Waals surface area contributed by atoms with Gasteiger partial charge in [0.15, 0.2) is 0 Å². The van der Waals surface area contributed by atoms with Gasteiger partial charge in [0.25, 0.3) is 0 Å². The molecule has 5 nitrogen and oxygen atoms in total. The molecule has 0 bridgehead atoms. The third-order valence-corrected chi connectivity index (χ3v) is 5.51. The highest BCUT2D eigenvalue weighted by atomic mass is 35.5. The Labute approximate surface area is 173 Å². The highest BCUT2D eigenvalue weighted by Gasteiger charge is 2.21. The summed E-state index contributed by atoms with van der Waals surface area (Å²) in [7, 11) is 0. The van der Waals surface area contributed by atoms with E-state index in [1.165, 1.54) is 0 Å². The standard InChI is InChI=1S/C21H20Cl2N4O/c22-17-7-3-4-8-18(17)24-20(28)14-26-9-11-27(12-10-26)19-13-15-5-1-2-6-16(15)21(23)25-19/h1-8,13H,9-12,14H2,(H,24,28). The molecule has 144 valence electrons. The molecule has 0 atom stereocenters. The lowest BCUT2D eigenvalue weighted by molar-refractivity contribution is -0.117. The number of aromatic nitrogens is 1. The van der Waals surface area contributed by atoms with Crippen molar-refractivity contribution in [2.75, 3.05) is 42.9 Å². The summed E-state index contributed by atoms with van der Waals surface area (Å²) in [5.74, 6) is 0.817. The van der Waals surface area contributed by atoms with Crippen LogP contribution in [-0.4, -0.2) is 48.5 Å². The fourth-order valence-corrected chi connectivity index (χ4v) is 3.84. The number of para-hydroxylation sites is 1. The van der Waals surface area contributed by atoms with Crippen LogP contribution in [0.15, 0.2) is 54.6 Å². The number of benzene rings is 2. The van der Waals surface area contributed by atoms with Crippen molar-refractivity contribution in [1.82, 2.24) is 9.88 Å². The van der Waals surface area contributed by atoms with Gasteiger partial charge in [-0.2, -0.15) is 0 Å². The van der Waals surface area contributed by atoms with Crippen molar-refractivity contribution in [3.05, 3.63) is 64.8 Å². The molecule has 1 N–H and O–H groups in total. The van der Waals surface area contributed by atoms with Gasteiger partial charge in [-0.3, -0.25) is 9.69 Å². The normalized spacial score (nSPS) is 15.0. The van der Waals surface area contributed by atoms with Gasteiger partial charge in [-0.15, -0.1) is 0 Å². The Morgan fingerprint density at radius 3 is 2.50 bits per heavy atom. The molecule has 1 aliphatic rings. The van der Waals surface area contributed by atoms with Crippen LogP contribution in [-0.2, 0) is 4.79 Å². The quantitative estimate of drug-likeness (QED) is 0.646. The van der Waals surface area contributed by atoms with Crippen LogP contribution in [0.25, 0.3) is 10.8 Å². The van der Waals surface area contributed by atoms with Crippen LogP contribution < -0.4 is 10.2 Å². The van der Waals surface area contributed by atoms with E-state index in [-0.39, 0.29) is 5.91 Å². The molecule has 1 aromatic heterocycles. The van der Waals surface area contributed by atoms with Crippen molar-refractivity contribution in [2.45, 2.75) is 0 Å². The largest absolute Gasteiger partial charge is 0.354 e. The van der Waals surface area contributed by atoms with Crippen LogP contribution in [0.4, 0.5) is 11.5 Å². The number of piperazine rings is 1. The molecule has 7 heteroatoms. The second-order valence-electron chi connectivity index (χ2n) is 6.78. The summed E-state index contributed by atoms with van der Waals surface area (Å²) in [6.45, 7) is 3.48.